The van der Waals surface area contributed by atoms with E-state index in [4.69, 9.17) is 21.7 Å². The van der Waals surface area contributed by atoms with Crippen LogP contribution in [0.4, 0.5) is 0 Å². The van der Waals surface area contributed by atoms with Crippen LogP contribution in [0.2, 0.25) is 0 Å². The van der Waals surface area contributed by atoms with Gasteiger partial charge >= 0.3 is 0 Å². The average molecular weight is 523 g/mol. The summed E-state index contributed by atoms with van der Waals surface area (Å²) in [5.41, 5.74) is 1.93. The first-order valence-electron chi connectivity index (χ1n) is 8.44. The van der Waals surface area contributed by atoms with Crippen LogP contribution in [0.1, 0.15) is 11.1 Å². The highest BCUT2D eigenvalue weighted by atomic mass is 127. The van der Waals surface area contributed by atoms with E-state index >= 15 is 0 Å². The Bertz CT molecular complexity index is 944. The topological polar surface area (TPSA) is 38.8 Å². The summed E-state index contributed by atoms with van der Waals surface area (Å²) in [4.78, 5) is 14.6. The lowest BCUT2D eigenvalue weighted by Gasteiger charge is -2.14. The van der Waals surface area contributed by atoms with Crippen molar-refractivity contribution in [1.82, 2.24) is 4.90 Å². The second-order valence-corrected chi connectivity index (χ2v) is 8.73. The molecule has 0 spiro atoms. The van der Waals surface area contributed by atoms with Gasteiger partial charge in [-0.1, -0.05) is 60.4 Å². The van der Waals surface area contributed by atoms with Gasteiger partial charge in [-0.25, -0.2) is 0 Å². The molecule has 1 saturated heterocycles. The SMILES string of the molecule is C=CCN1C(=O)/C(=C/c2cc(I)c(OCc3ccccc3)c(OC)c2)SC1=S. The zero-order valence-corrected chi connectivity index (χ0v) is 19.0. The van der Waals surface area contributed by atoms with E-state index in [1.54, 1.807) is 18.1 Å². The molecule has 0 N–H and O–H groups in total. The highest BCUT2D eigenvalue weighted by Crippen LogP contribution is 2.37. The highest BCUT2D eigenvalue weighted by Gasteiger charge is 2.31. The molecule has 1 aliphatic rings. The molecule has 0 aliphatic carbocycles. The number of hydrogen-bond acceptors (Lipinski definition) is 5. The van der Waals surface area contributed by atoms with Gasteiger partial charge in [-0.3, -0.25) is 9.69 Å². The number of methoxy groups -OCH3 is 1. The number of halogens is 1. The molecule has 0 radical (unpaired) electrons. The van der Waals surface area contributed by atoms with E-state index in [1.807, 2.05) is 48.5 Å². The summed E-state index contributed by atoms with van der Waals surface area (Å²) in [6.07, 6.45) is 3.49. The molecule has 144 valence electrons. The molecule has 3 rings (SSSR count). The molecule has 28 heavy (non-hydrogen) atoms. The van der Waals surface area contributed by atoms with Crippen LogP contribution in [0.25, 0.3) is 6.08 Å². The molecule has 0 unspecified atom stereocenters. The number of thioether (sulfide) groups is 1. The van der Waals surface area contributed by atoms with E-state index in [2.05, 4.69) is 29.2 Å². The Kier molecular flexibility index (Phi) is 7.14. The third kappa shape index (κ3) is 4.76. The van der Waals surface area contributed by atoms with Gasteiger partial charge in [-0.2, -0.15) is 0 Å². The van der Waals surface area contributed by atoms with Crippen LogP contribution in [-0.4, -0.2) is 28.8 Å². The molecule has 0 atom stereocenters. The molecule has 2 aromatic carbocycles. The minimum Gasteiger partial charge on any atom is -0.493 e. The Hall–Kier alpha value is -1.84. The minimum absolute atomic E-state index is 0.103. The van der Waals surface area contributed by atoms with E-state index in [1.165, 1.54) is 11.8 Å². The second-order valence-electron chi connectivity index (χ2n) is 5.89. The molecule has 1 fully saturated rings. The lowest BCUT2D eigenvalue weighted by atomic mass is 10.1. The van der Waals surface area contributed by atoms with Crippen LogP contribution in [0.3, 0.4) is 0 Å². The number of carbonyl (C=O) groups excluding carboxylic acids is 1. The van der Waals surface area contributed by atoms with Gasteiger partial charge in [0.05, 0.1) is 15.6 Å². The standard InChI is InChI=1S/C21H18INO3S2/c1-3-9-23-20(24)18(28-21(23)27)12-15-10-16(22)19(17(11-15)25-2)26-13-14-7-5-4-6-8-14/h3-8,10-12H,1,9,13H2,2H3/b18-12-. The van der Waals surface area contributed by atoms with Gasteiger partial charge in [0, 0.05) is 6.54 Å². The molecule has 2 aromatic rings. The van der Waals surface area contributed by atoms with E-state index in [-0.39, 0.29) is 5.91 Å². The van der Waals surface area contributed by atoms with Gasteiger partial charge in [-0.15, -0.1) is 6.58 Å². The summed E-state index contributed by atoms with van der Waals surface area (Å²) < 4.78 is 13.0. The Morgan fingerprint density at radius 2 is 2.04 bits per heavy atom. The molecular weight excluding hydrogens is 505 g/mol. The predicted octanol–water partition coefficient (Wildman–Crippen LogP) is 5.27. The molecule has 0 aromatic heterocycles. The van der Waals surface area contributed by atoms with Crippen LogP contribution >= 0.6 is 46.6 Å². The summed E-state index contributed by atoms with van der Waals surface area (Å²) in [5.74, 6) is 1.20. The largest absolute Gasteiger partial charge is 0.493 e. The van der Waals surface area contributed by atoms with Gasteiger partial charge in [0.25, 0.3) is 5.91 Å². The molecular formula is C21H18INO3S2. The van der Waals surface area contributed by atoms with Crippen molar-refractivity contribution in [2.75, 3.05) is 13.7 Å². The number of rotatable bonds is 7. The number of amides is 1. The third-order valence-electron chi connectivity index (χ3n) is 3.96. The Morgan fingerprint density at radius 3 is 2.71 bits per heavy atom. The van der Waals surface area contributed by atoms with Crippen LogP contribution in [-0.2, 0) is 11.4 Å². The molecule has 1 amide bonds. The van der Waals surface area contributed by atoms with Crippen LogP contribution in [0.5, 0.6) is 11.5 Å². The molecule has 0 saturated carbocycles. The van der Waals surface area contributed by atoms with Crippen molar-refractivity contribution in [3.05, 3.63) is 74.7 Å². The van der Waals surface area contributed by atoms with Gasteiger partial charge < -0.3 is 9.47 Å². The van der Waals surface area contributed by atoms with Crippen molar-refractivity contribution in [3.63, 3.8) is 0 Å². The second kappa shape index (κ2) is 9.58. The zero-order chi connectivity index (χ0) is 20.1. The van der Waals surface area contributed by atoms with Gasteiger partial charge in [-0.05, 0) is 51.9 Å². The van der Waals surface area contributed by atoms with E-state index < -0.39 is 0 Å². The fourth-order valence-corrected chi connectivity index (χ4v) is 4.69. The summed E-state index contributed by atoms with van der Waals surface area (Å²) in [6.45, 7) is 4.53. The Labute approximate surface area is 187 Å². The number of ether oxygens (including phenoxy) is 2. The van der Waals surface area contributed by atoms with E-state index in [0.29, 0.717) is 33.9 Å². The van der Waals surface area contributed by atoms with Gasteiger partial charge in [0.2, 0.25) is 0 Å². The van der Waals surface area contributed by atoms with Gasteiger partial charge in [0.15, 0.2) is 11.5 Å². The van der Waals surface area contributed by atoms with Crippen molar-refractivity contribution >= 4 is 62.9 Å². The molecule has 4 nitrogen and oxygen atoms in total. The first-order valence-corrected chi connectivity index (χ1v) is 10.7. The smallest absolute Gasteiger partial charge is 0.266 e. The lowest BCUT2D eigenvalue weighted by molar-refractivity contribution is -0.121. The lowest BCUT2D eigenvalue weighted by Crippen LogP contribution is -2.27. The number of benzene rings is 2. The van der Waals surface area contributed by atoms with Crippen molar-refractivity contribution < 1.29 is 14.3 Å². The van der Waals surface area contributed by atoms with E-state index in [0.717, 1.165) is 14.7 Å². The maximum absolute atomic E-state index is 12.5. The number of thiocarbonyl (C=S) groups is 1. The normalized spacial score (nSPS) is 15.2. The van der Waals surface area contributed by atoms with Crippen molar-refractivity contribution in [2.45, 2.75) is 6.61 Å². The van der Waals surface area contributed by atoms with Crippen molar-refractivity contribution in [2.24, 2.45) is 0 Å². The average Bonchev–Trinajstić information content (AvgIpc) is 2.95. The van der Waals surface area contributed by atoms with Crippen LogP contribution in [0, 0.1) is 3.57 Å². The molecule has 1 aliphatic heterocycles. The summed E-state index contributed by atoms with van der Waals surface area (Å²) in [5, 5.41) is 0. The van der Waals surface area contributed by atoms with Crippen LogP contribution < -0.4 is 9.47 Å². The number of carbonyl (C=O) groups is 1. The molecule has 7 heteroatoms. The number of nitrogens with zero attached hydrogens (tertiary/aromatic N) is 1. The third-order valence-corrected chi connectivity index (χ3v) is 6.14. The first kappa shape index (κ1) is 20.9. The minimum atomic E-state index is -0.103. The Morgan fingerprint density at radius 1 is 1.29 bits per heavy atom. The number of hydrogen-bond donors (Lipinski definition) is 0. The maximum Gasteiger partial charge on any atom is 0.266 e. The zero-order valence-electron chi connectivity index (χ0n) is 15.2. The summed E-state index contributed by atoms with van der Waals surface area (Å²) in [7, 11) is 1.61. The van der Waals surface area contributed by atoms with E-state index in [9.17, 15) is 4.79 Å². The first-order chi connectivity index (χ1) is 13.5. The summed E-state index contributed by atoms with van der Waals surface area (Å²) >= 11 is 8.80. The fourth-order valence-electron chi connectivity index (χ4n) is 2.63. The van der Waals surface area contributed by atoms with Crippen molar-refractivity contribution in [3.8, 4) is 11.5 Å². The molecule has 0 bridgehead atoms. The fraction of sp³-hybridized carbons (Fsp3) is 0.143. The summed E-state index contributed by atoms with van der Waals surface area (Å²) in [6, 6.07) is 13.8. The van der Waals surface area contributed by atoms with Crippen LogP contribution in [0.15, 0.2) is 60.0 Å². The molecule has 1 heterocycles. The Balaban J connectivity index is 1.84. The quantitative estimate of drug-likeness (QED) is 0.214. The van der Waals surface area contributed by atoms with Gasteiger partial charge in [0.1, 0.15) is 10.9 Å². The highest BCUT2D eigenvalue weighted by molar-refractivity contribution is 14.1. The van der Waals surface area contributed by atoms with Crippen molar-refractivity contribution in [1.29, 1.82) is 0 Å². The predicted molar refractivity (Wildman–Crippen MR) is 127 cm³/mol. The monoisotopic (exact) mass is 523 g/mol. The maximum atomic E-state index is 12.5.